The van der Waals surface area contributed by atoms with Crippen molar-refractivity contribution in [2.45, 2.75) is 25.2 Å². The van der Waals surface area contributed by atoms with Crippen molar-refractivity contribution >= 4 is 0 Å². The first-order chi connectivity index (χ1) is 6.90. The van der Waals surface area contributed by atoms with Gasteiger partial charge in [0.1, 0.15) is 0 Å². The van der Waals surface area contributed by atoms with Gasteiger partial charge in [-0.15, -0.1) is 0 Å². The van der Waals surface area contributed by atoms with Crippen molar-refractivity contribution in [1.82, 2.24) is 15.5 Å². The maximum atomic E-state index is 8.70. The van der Waals surface area contributed by atoms with Gasteiger partial charge < -0.3 is 14.9 Å². The Bertz CT molecular complexity index is 281. The number of aliphatic hydroxyl groups is 1. The number of hydrogen-bond donors (Lipinski definition) is 2. The van der Waals surface area contributed by atoms with E-state index in [0.29, 0.717) is 18.2 Å². The van der Waals surface area contributed by atoms with Crippen LogP contribution in [0.25, 0.3) is 0 Å². The fourth-order valence-electron chi connectivity index (χ4n) is 1.70. The molecule has 1 atom stereocenters. The highest BCUT2D eigenvalue weighted by Crippen LogP contribution is 2.20. The number of piperidine rings is 1. The molecule has 0 aromatic carbocycles. The molecule has 0 spiro atoms. The second-order valence-corrected chi connectivity index (χ2v) is 3.56. The molecule has 0 bridgehead atoms. The van der Waals surface area contributed by atoms with Gasteiger partial charge in [-0.2, -0.15) is 4.98 Å². The Morgan fingerprint density at radius 1 is 1.57 bits per heavy atom. The van der Waals surface area contributed by atoms with Crippen LogP contribution >= 0.6 is 0 Å². The standard InChI is InChI=1S/C9H15N3O2/c13-5-3-8-11-9(12-14-8)7-2-1-4-10-6-7/h7,10,13H,1-6H2. The Balaban J connectivity index is 2.00. The van der Waals surface area contributed by atoms with Gasteiger partial charge in [0.2, 0.25) is 5.89 Å². The second-order valence-electron chi connectivity index (χ2n) is 3.56. The predicted molar refractivity (Wildman–Crippen MR) is 49.9 cm³/mol. The number of nitrogens with zero attached hydrogens (tertiary/aromatic N) is 2. The average molecular weight is 197 g/mol. The summed E-state index contributed by atoms with van der Waals surface area (Å²) in [4.78, 5) is 4.25. The van der Waals surface area contributed by atoms with E-state index in [1.54, 1.807) is 0 Å². The summed E-state index contributed by atoms with van der Waals surface area (Å²) in [5.41, 5.74) is 0. The number of rotatable bonds is 3. The van der Waals surface area contributed by atoms with Gasteiger partial charge in [-0.25, -0.2) is 0 Å². The van der Waals surface area contributed by atoms with Crippen LogP contribution in [0.4, 0.5) is 0 Å². The fourth-order valence-corrected chi connectivity index (χ4v) is 1.70. The van der Waals surface area contributed by atoms with Crippen molar-refractivity contribution < 1.29 is 9.63 Å². The summed E-state index contributed by atoms with van der Waals surface area (Å²) in [6.45, 7) is 2.07. The highest BCUT2D eigenvalue weighted by Gasteiger charge is 2.20. The first-order valence-electron chi connectivity index (χ1n) is 5.04. The van der Waals surface area contributed by atoms with Crippen LogP contribution in [-0.2, 0) is 6.42 Å². The maximum absolute atomic E-state index is 8.70. The number of aliphatic hydroxyl groups excluding tert-OH is 1. The van der Waals surface area contributed by atoms with Gasteiger partial charge in [-0.1, -0.05) is 5.16 Å². The van der Waals surface area contributed by atoms with Crippen LogP contribution in [0.15, 0.2) is 4.52 Å². The molecule has 2 rings (SSSR count). The molecule has 1 saturated heterocycles. The quantitative estimate of drug-likeness (QED) is 0.717. The molecule has 1 aliphatic rings. The SMILES string of the molecule is OCCc1nc(C2CCCNC2)no1. The fraction of sp³-hybridized carbons (Fsp3) is 0.778. The third-order valence-electron chi connectivity index (χ3n) is 2.47. The number of aromatic nitrogens is 2. The summed E-state index contributed by atoms with van der Waals surface area (Å²) in [6, 6.07) is 0. The smallest absolute Gasteiger partial charge is 0.228 e. The molecule has 1 unspecified atom stereocenters. The highest BCUT2D eigenvalue weighted by atomic mass is 16.5. The Labute approximate surface area is 82.5 Å². The van der Waals surface area contributed by atoms with Crippen molar-refractivity contribution in [3.63, 3.8) is 0 Å². The zero-order valence-corrected chi connectivity index (χ0v) is 8.07. The van der Waals surface area contributed by atoms with Gasteiger partial charge in [0.15, 0.2) is 5.82 Å². The van der Waals surface area contributed by atoms with E-state index in [2.05, 4.69) is 15.5 Å². The molecule has 1 aliphatic heterocycles. The van der Waals surface area contributed by atoms with E-state index in [1.165, 1.54) is 0 Å². The number of nitrogens with one attached hydrogen (secondary N) is 1. The predicted octanol–water partition coefficient (Wildman–Crippen LogP) is 0.0714. The molecular formula is C9H15N3O2. The molecular weight excluding hydrogens is 182 g/mol. The van der Waals surface area contributed by atoms with Crippen LogP contribution in [0.3, 0.4) is 0 Å². The lowest BCUT2D eigenvalue weighted by Crippen LogP contribution is -2.28. The average Bonchev–Trinajstić information content (AvgIpc) is 2.68. The van der Waals surface area contributed by atoms with E-state index in [1.807, 2.05) is 0 Å². The maximum Gasteiger partial charge on any atom is 0.228 e. The van der Waals surface area contributed by atoms with Crippen LogP contribution in [0.2, 0.25) is 0 Å². The minimum Gasteiger partial charge on any atom is -0.396 e. The van der Waals surface area contributed by atoms with Gasteiger partial charge in [0, 0.05) is 12.5 Å². The van der Waals surface area contributed by atoms with E-state index in [-0.39, 0.29) is 6.61 Å². The van der Waals surface area contributed by atoms with Gasteiger partial charge in [-0.3, -0.25) is 0 Å². The van der Waals surface area contributed by atoms with E-state index in [9.17, 15) is 0 Å². The van der Waals surface area contributed by atoms with Gasteiger partial charge in [0.25, 0.3) is 0 Å². The first-order valence-corrected chi connectivity index (χ1v) is 5.04. The van der Waals surface area contributed by atoms with E-state index in [4.69, 9.17) is 9.63 Å². The van der Waals surface area contributed by atoms with Crippen LogP contribution in [-0.4, -0.2) is 34.9 Å². The number of hydrogen-bond acceptors (Lipinski definition) is 5. The summed E-state index contributed by atoms with van der Waals surface area (Å²) < 4.78 is 5.01. The molecule has 0 aliphatic carbocycles. The summed E-state index contributed by atoms with van der Waals surface area (Å²) in [5, 5.41) is 15.9. The lowest BCUT2D eigenvalue weighted by molar-refractivity contribution is 0.273. The lowest BCUT2D eigenvalue weighted by atomic mass is 9.99. The molecule has 0 saturated carbocycles. The third kappa shape index (κ3) is 2.10. The lowest BCUT2D eigenvalue weighted by Gasteiger charge is -2.19. The topological polar surface area (TPSA) is 71.2 Å². The molecule has 0 radical (unpaired) electrons. The van der Waals surface area contributed by atoms with Crippen molar-refractivity contribution in [3.8, 4) is 0 Å². The minimum absolute atomic E-state index is 0.0601. The van der Waals surface area contributed by atoms with Gasteiger partial charge in [0.05, 0.1) is 13.0 Å². The third-order valence-corrected chi connectivity index (χ3v) is 2.47. The molecule has 78 valence electrons. The molecule has 14 heavy (non-hydrogen) atoms. The second kappa shape index (κ2) is 4.52. The Morgan fingerprint density at radius 2 is 2.50 bits per heavy atom. The van der Waals surface area contributed by atoms with Crippen LogP contribution in [0.1, 0.15) is 30.5 Å². The largest absolute Gasteiger partial charge is 0.396 e. The van der Waals surface area contributed by atoms with Gasteiger partial charge >= 0.3 is 0 Å². The molecule has 2 heterocycles. The normalized spacial score (nSPS) is 22.5. The summed E-state index contributed by atoms with van der Waals surface area (Å²) in [5.74, 6) is 1.69. The van der Waals surface area contributed by atoms with Crippen LogP contribution < -0.4 is 5.32 Å². The van der Waals surface area contributed by atoms with Crippen molar-refractivity contribution in [3.05, 3.63) is 11.7 Å². The molecule has 1 fully saturated rings. The zero-order chi connectivity index (χ0) is 9.80. The summed E-state index contributed by atoms with van der Waals surface area (Å²) in [6.07, 6.45) is 2.73. The molecule has 1 aromatic rings. The monoisotopic (exact) mass is 197 g/mol. The Kier molecular flexibility index (Phi) is 3.10. The van der Waals surface area contributed by atoms with E-state index in [0.717, 1.165) is 31.8 Å². The Hall–Kier alpha value is -0.940. The molecule has 0 amide bonds. The van der Waals surface area contributed by atoms with Gasteiger partial charge in [-0.05, 0) is 19.4 Å². The van der Waals surface area contributed by atoms with Crippen LogP contribution in [0, 0.1) is 0 Å². The van der Waals surface area contributed by atoms with Crippen molar-refractivity contribution in [1.29, 1.82) is 0 Å². The van der Waals surface area contributed by atoms with Crippen molar-refractivity contribution in [2.24, 2.45) is 0 Å². The van der Waals surface area contributed by atoms with Crippen LogP contribution in [0.5, 0.6) is 0 Å². The molecule has 5 heteroatoms. The highest BCUT2D eigenvalue weighted by molar-refractivity contribution is 4.98. The zero-order valence-electron chi connectivity index (χ0n) is 8.07. The summed E-state index contributed by atoms with van der Waals surface area (Å²) in [7, 11) is 0. The summed E-state index contributed by atoms with van der Waals surface area (Å²) >= 11 is 0. The van der Waals surface area contributed by atoms with Crippen molar-refractivity contribution in [2.75, 3.05) is 19.7 Å². The molecule has 2 N–H and O–H groups in total. The van der Waals surface area contributed by atoms with E-state index >= 15 is 0 Å². The Morgan fingerprint density at radius 3 is 3.21 bits per heavy atom. The molecule has 5 nitrogen and oxygen atoms in total. The minimum atomic E-state index is 0.0601. The first kappa shape index (κ1) is 9.61. The molecule has 1 aromatic heterocycles. The van der Waals surface area contributed by atoms with E-state index < -0.39 is 0 Å².